The summed E-state index contributed by atoms with van der Waals surface area (Å²) >= 11 is 0. The number of nitrogens with zero attached hydrogens (tertiary/aromatic N) is 2. The summed E-state index contributed by atoms with van der Waals surface area (Å²) in [5.41, 5.74) is 0. The normalized spacial score (nSPS) is 11.6. The molecule has 0 spiro atoms. The van der Waals surface area contributed by atoms with Crippen LogP contribution in [0.4, 0.5) is 0 Å². The lowest BCUT2D eigenvalue weighted by atomic mass is 10.0. The lowest BCUT2D eigenvalue weighted by molar-refractivity contribution is -0.702. The molecule has 0 aliphatic carbocycles. The molecule has 1 aromatic rings. The summed E-state index contributed by atoms with van der Waals surface area (Å²) < 4.78 is 4.99. The molecule has 0 aromatic carbocycles. The molecule has 0 bridgehead atoms. The van der Waals surface area contributed by atoms with E-state index in [4.69, 9.17) is 0 Å². The Bertz CT molecular complexity index is 634. The van der Waals surface area contributed by atoms with Crippen LogP contribution < -0.4 is 4.57 Å². The van der Waals surface area contributed by atoms with Crippen molar-refractivity contribution >= 4 is 0 Å². The van der Waals surface area contributed by atoms with E-state index < -0.39 is 0 Å². The molecular formula is C39H77N2+. The smallest absolute Gasteiger partial charge is 0.234 e. The molecule has 1 rings (SSSR count). The molecule has 0 radical (unpaired) electrons. The van der Waals surface area contributed by atoms with E-state index in [0.29, 0.717) is 0 Å². The van der Waals surface area contributed by atoms with Crippen molar-refractivity contribution in [3.8, 4) is 0 Å². The highest BCUT2D eigenvalue weighted by Gasteiger charge is 2.11. The molecule has 242 valence electrons. The third-order valence-electron chi connectivity index (χ3n) is 9.51. The van der Waals surface area contributed by atoms with E-state index >= 15 is 0 Å². The molecule has 0 fully saturated rings. The molecule has 2 nitrogen and oxygen atoms in total. The molecule has 0 atom stereocenters. The third kappa shape index (κ3) is 24.4. The van der Waals surface area contributed by atoms with Crippen LogP contribution in [0.2, 0.25) is 0 Å². The summed E-state index contributed by atoms with van der Waals surface area (Å²) in [6, 6.07) is 0. The van der Waals surface area contributed by atoms with Gasteiger partial charge in [0.25, 0.3) is 5.82 Å². The lowest BCUT2D eigenvalue weighted by Crippen LogP contribution is -2.35. The zero-order valence-corrected chi connectivity index (χ0v) is 28.9. The van der Waals surface area contributed by atoms with Gasteiger partial charge in [0.15, 0.2) is 0 Å². The van der Waals surface area contributed by atoms with Crippen molar-refractivity contribution in [2.45, 2.75) is 233 Å². The van der Waals surface area contributed by atoms with E-state index in [0.717, 1.165) is 0 Å². The number of aromatic nitrogens is 2. The van der Waals surface area contributed by atoms with Crippen LogP contribution in [0.25, 0.3) is 0 Å². The van der Waals surface area contributed by atoms with Crippen LogP contribution in [-0.4, -0.2) is 4.57 Å². The minimum atomic E-state index is 1.20. The first-order valence-corrected chi connectivity index (χ1v) is 19.3. The summed E-state index contributed by atoms with van der Waals surface area (Å²) in [6.07, 6.45) is 49.4. The van der Waals surface area contributed by atoms with E-state index in [-0.39, 0.29) is 0 Å². The van der Waals surface area contributed by atoms with Gasteiger partial charge < -0.3 is 0 Å². The number of imidazole rings is 1. The third-order valence-corrected chi connectivity index (χ3v) is 9.51. The average Bonchev–Trinajstić information content (AvgIpc) is 3.33. The summed E-state index contributed by atoms with van der Waals surface area (Å²) in [5, 5.41) is 0. The Morgan fingerprint density at radius 3 is 1.05 bits per heavy atom. The van der Waals surface area contributed by atoms with E-state index in [1.807, 2.05) is 0 Å². The molecule has 0 saturated carbocycles. The van der Waals surface area contributed by atoms with Gasteiger partial charge in [-0.15, -0.1) is 0 Å². The number of rotatable bonds is 33. The highest BCUT2D eigenvalue weighted by Crippen LogP contribution is 2.15. The van der Waals surface area contributed by atoms with Crippen molar-refractivity contribution in [3.05, 3.63) is 18.2 Å². The Kier molecular flexibility index (Phi) is 28.6. The van der Waals surface area contributed by atoms with Gasteiger partial charge in [-0.3, -0.25) is 0 Å². The van der Waals surface area contributed by atoms with Crippen molar-refractivity contribution in [2.75, 3.05) is 0 Å². The quantitative estimate of drug-likeness (QED) is 0.0584. The number of unbranched alkanes of at least 4 members (excludes halogenated alkanes) is 29. The molecule has 0 unspecified atom stereocenters. The number of hydrogen-bond acceptors (Lipinski definition) is 0. The van der Waals surface area contributed by atoms with Crippen molar-refractivity contribution in [2.24, 2.45) is 0 Å². The average molecular weight is 574 g/mol. The highest BCUT2D eigenvalue weighted by molar-refractivity contribution is 4.79. The van der Waals surface area contributed by atoms with E-state index in [9.17, 15) is 0 Å². The van der Waals surface area contributed by atoms with Gasteiger partial charge in [0, 0.05) is 6.92 Å². The monoisotopic (exact) mass is 574 g/mol. The molecule has 0 amide bonds. The first-order valence-electron chi connectivity index (χ1n) is 19.3. The Morgan fingerprint density at radius 1 is 0.415 bits per heavy atom. The van der Waals surface area contributed by atoms with E-state index in [2.05, 4.69) is 42.3 Å². The van der Waals surface area contributed by atoms with Crippen molar-refractivity contribution in [3.63, 3.8) is 0 Å². The Hall–Kier alpha value is -0.790. The SMILES string of the molecule is CCCCCCCCCCCCCCCCCCCn1cc[n+](CCCCCCCCCCCCCCCC)c1C. The fourth-order valence-electron chi connectivity index (χ4n) is 6.50. The van der Waals surface area contributed by atoms with Crippen LogP contribution in [0.5, 0.6) is 0 Å². The zero-order valence-electron chi connectivity index (χ0n) is 28.9. The minimum absolute atomic E-state index is 1.20. The highest BCUT2D eigenvalue weighted by atomic mass is 15.1. The second kappa shape index (κ2) is 30.7. The summed E-state index contributed by atoms with van der Waals surface area (Å²) in [6.45, 7) is 9.34. The van der Waals surface area contributed by atoms with Crippen LogP contribution in [0.1, 0.15) is 219 Å². The predicted octanol–water partition coefficient (Wildman–Crippen LogP) is 13.2. The van der Waals surface area contributed by atoms with Crippen molar-refractivity contribution in [1.29, 1.82) is 0 Å². The predicted molar refractivity (Wildman–Crippen MR) is 184 cm³/mol. The first-order chi connectivity index (χ1) is 20.3. The maximum atomic E-state index is 2.50. The van der Waals surface area contributed by atoms with Gasteiger partial charge in [0.2, 0.25) is 0 Å². The Morgan fingerprint density at radius 2 is 0.707 bits per heavy atom. The first kappa shape index (κ1) is 38.2. The van der Waals surface area contributed by atoms with Gasteiger partial charge >= 0.3 is 0 Å². The molecule has 0 N–H and O–H groups in total. The molecule has 0 aliphatic rings. The van der Waals surface area contributed by atoms with Crippen LogP contribution in [-0.2, 0) is 13.1 Å². The van der Waals surface area contributed by atoms with E-state index in [1.165, 1.54) is 218 Å². The molecule has 2 heteroatoms. The Labute approximate surface area is 259 Å². The van der Waals surface area contributed by atoms with E-state index in [1.54, 1.807) is 0 Å². The minimum Gasteiger partial charge on any atom is -0.234 e. The summed E-state index contributed by atoms with van der Waals surface area (Å²) in [7, 11) is 0. The Balaban J connectivity index is 1.85. The van der Waals surface area contributed by atoms with Gasteiger partial charge in [-0.2, -0.15) is 0 Å². The molecule has 41 heavy (non-hydrogen) atoms. The molecule has 0 aliphatic heterocycles. The largest absolute Gasteiger partial charge is 0.253 e. The van der Waals surface area contributed by atoms with Gasteiger partial charge in [0.05, 0.1) is 13.1 Å². The summed E-state index contributed by atoms with van der Waals surface area (Å²) in [4.78, 5) is 0. The summed E-state index contributed by atoms with van der Waals surface area (Å²) in [5.74, 6) is 1.45. The standard InChI is InChI=1S/C39H77N2/c1-4-6-8-10-12-14-16-18-20-21-22-24-26-28-30-32-34-36-41-38-37-40(39(41)3)35-33-31-29-27-25-23-19-17-15-13-11-9-7-5-2/h37-38H,4-36H2,1-3H3/q+1. The fraction of sp³-hybridized carbons (Fsp3) is 0.923. The zero-order chi connectivity index (χ0) is 29.5. The van der Waals surface area contributed by atoms with Crippen LogP contribution in [0, 0.1) is 6.92 Å². The number of hydrogen-bond donors (Lipinski definition) is 0. The maximum Gasteiger partial charge on any atom is 0.253 e. The second-order valence-electron chi connectivity index (χ2n) is 13.5. The van der Waals surface area contributed by atoms with Gasteiger partial charge in [-0.1, -0.05) is 187 Å². The number of aryl methyl sites for hydroxylation is 2. The van der Waals surface area contributed by atoms with Gasteiger partial charge in [0.1, 0.15) is 12.4 Å². The van der Waals surface area contributed by atoms with Crippen LogP contribution in [0.3, 0.4) is 0 Å². The maximum absolute atomic E-state index is 2.50. The van der Waals surface area contributed by atoms with Crippen LogP contribution in [0.15, 0.2) is 12.4 Å². The van der Waals surface area contributed by atoms with Gasteiger partial charge in [-0.05, 0) is 25.7 Å². The lowest BCUT2D eigenvalue weighted by Gasteiger charge is -2.04. The molecule has 0 saturated heterocycles. The van der Waals surface area contributed by atoms with Gasteiger partial charge in [-0.25, -0.2) is 9.13 Å². The molecule has 1 heterocycles. The fourth-order valence-corrected chi connectivity index (χ4v) is 6.50. The van der Waals surface area contributed by atoms with Crippen molar-refractivity contribution < 1.29 is 4.57 Å². The second-order valence-corrected chi connectivity index (χ2v) is 13.5. The topological polar surface area (TPSA) is 8.81 Å². The molecular weight excluding hydrogens is 496 g/mol. The van der Waals surface area contributed by atoms with Crippen molar-refractivity contribution in [1.82, 2.24) is 4.57 Å². The molecule has 1 aromatic heterocycles. The van der Waals surface area contributed by atoms with Crippen LogP contribution >= 0.6 is 0 Å².